The Morgan fingerprint density at radius 3 is 2.86 bits per heavy atom. The Bertz CT molecular complexity index is 485. The van der Waals surface area contributed by atoms with Crippen molar-refractivity contribution in [2.75, 3.05) is 6.26 Å². The molecule has 2 rings (SSSR count). The topological polar surface area (TPSA) is 17.1 Å². The highest BCUT2D eigenvalue weighted by Crippen LogP contribution is 2.28. The minimum absolute atomic E-state index is 0.156. The van der Waals surface area contributed by atoms with Gasteiger partial charge in [0.15, 0.2) is 0 Å². The van der Waals surface area contributed by atoms with Crippen molar-refractivity contribution in [3.63, 3.8) is 0 Å². The molecule has 0 radical (unpaired) electrons. The summed E-state index contributed by atoms with van der Waals surface area (Å²) in [5, 5.41) is 1.33. The van der Waals surface area contributed by atoms with Crippen molar-refractivity contribution in [3.05, 3.63) is 34.7 Å². The number of rotatable bonds is 1. The molecule has 1 aromatic heterocycles. The molecule has 0 spiro atoms. The van der Waals surface area contributed by atoms with Gasteiger partial charge in [0.1, 0.15) is 0 Å². The Morgan fingerprint density at radius 1 is 1.36 bits per heavy atom. The van der Waals surface area contributed by atoms with E-state index in [1.165, 1.54) is 27.4 Å². The van der Waals surface area contributed by atoms with E-state index in [2.05, 4.69) is 25.1 Å². The monoisotopic (exact) mass is 222 g/mol. The van der Waals surface area contributed by atoms with Gasteiger partial charge in [-0.3, -0.25) is 4.79 Å². The van der Waals surface area contributed by atoms with E-state index in [0.29, 0.717) is 0 Å². The van der Waals surface area contributed by atoms with Crippen LogP contribution in [0.5, 0.6) is 0 Å². The Balaban J connectivity index is 2.56. The number of thiophene rings is 1. The number of carbonyl (C=O) groups excluding carboxylic acids is 1. The number of hydrogen-bond donors (Lipinski definition) is 0. The van der Waals surface area contributed by atoms with E-state index in [9.17, 15) is 4.79 Å². The molecule has 3 heteroatoms. The number of hydrogen-bond acceptors (Lipinski definition) is 3. The molecule has 0 aliphatic carbocycles. The van der Waals surface area contributed by atoms with Crippen LogP contribution in [-0.4, -0.2) is 11.4 Å². The highest BCUT2D eigenvalue weighted by molar-refractivity contribution is 8.13. The molecule has 0 fully saturated rings. The van der Waals surface area contributed by atoms with Crippen LogP contribution < -0.4 is 0 Å². The largest absolute Gasteiger partial charge is 0.281 e. The quantitative estimate of drug-likeness (QED) is 0.731. The molecule has 1 aromatic carbocycles. The summed E-state index contributed by atoms with van der Waals surface area (Å²) in [6.07, 6.45) is 1.82. The molecule has 1 heterocycles. The predicted molar refractivity (Wildman–Crippen MR) is 64.4 cm³/mol. The van der Waals surface area contributed by atoms with Crippen molar-refractivity contribution in [2.45, 2.75) is 6.92 Å². The predicted octanol–water partition coefficient (Wildman–Crippen LogP) is 3.71. The minimum Gasteiger partial charge on any atom is -0.281 e. The van der Waals surface area contributed by atoms with E-state index < -0.39 is 0 Å². The first-order valence-corrected chi connectivity index (χ1v) is 6.33. The number of fused-ring (bicyclic) bond motifs is 1. The molecule has 14 heavy (non-hydrogen) atoms. The number of aryl methyl sites for hydroxylation is 1. The average molecular weight is 222 g/mol. The summed E-state index contributed by atoms with van der Waals surface area (Å²) in [7, 11) is 0. The van der Waals surface area contributed by atoms with Crippen LogP contribution in [0.1, 0.15) is 15.2 Å². The molecular formula is C11H10OS2. The van der Waals surface area contributed by atoms with Gasteiger partial charge in [-0.05, 0) is 30.7 Å². The molecule has 2 aromatic rings. The first-order valence-electron chi connectivity index (χ1n) is 4.29. The van der Waals surface area contributed by atoms with Crippen LogP contribution in [0.15, 0.2) is 24.3 Å². The van der Waals surface area contributed by atoms with E-state index in [1.54, 1.807) is 11.3 Å². The number of benzene rings is 1. The molecule has 0 saturated heterocycles. The summed E-state index contributed by atoms with van der Waals surface area (Å²) in [5.74, 6) is 0. The van der Waals surface area contributed by atoms with Crippen molar-refractivity contribution in [1.82, 2.24) is 0 Å². The van der Waals surface area contributed by atoms with Gasteiger partial charge in [-0.2, -0.15) is 0 Å². The molecule has 1 nitrogen and oxygen atoms in total. The molecule has 0 aliphatic rings. The molecule has 0 bridgehead atoms. The Hall–Kier alpha value is -0.800. The standard InChI is InChI=1S/C11H10OS2/c1-7-3-4-9-8(5-7)6-10(14-9)11(12)13-2/h3-6H,1-2H3. The molecule has 0 aliphatic heterocycles. The van der Waals surface area contributed by atoms with E-state index in [1.807, 2.05) is 12.3 Å². The van der Waals surface area contributed by atoms with Crippen LogP contribution in [-0.2, 0) is 0 Å². The van der Waals surface area contributed by atoms with E-state index in [4.69, 9.17) is 0 Å². The lowest BCUT2D eigenvalue weighted by molar-refractivity contribution is 0.109. The summed E-state index contributed by atoms with van der Waals surface area (Å²) in [6, 6.07) is 8.24. The van der Waals surface area contributed by atoms with Crippen molar-refractivity contribution in [2.24, 2.45) is 0 Å². The van der Waals surface area contributed by atoms with Gasteiger partial charge in [0.25, 0.3) is 0 Å². The highest BCUT2D eigenvalue weighted by atomic mass is 32.2. The van der Waals surface area contributed by atoms with Gasteiger partial charge < -0.3 is 0 Å². The maximum Gasteiger partial charge on any atom is 0.229 e. The minimum atomic E-state index is 0.156. The molecule has 0 amide bonds. The zero-order valence-electron chi connectivity index (χ0n) is 8.03. The Kier molecular flexibility index (Phi) is 2.61. The lowest BCUT2D eigenvalue weighted by Crippen LogP contribution is -1.84. The van der Waals surface area contributed by atoms with E-state index >= 15 is 0 Å². The Labute approximate surface area is 91.1 Å². The van der Waals surface area contributed by atoms with Gasteiger partial charge in [0.05, 0.1) is 4.88 Å². The summed E-state index contributed by atoms with van der Waals surface area (Å²) >= 11 is 2.84. The lowest BCUT2D eigenvalue weighted by Gasteiger charge is -1.89. The molecular weight excluding hydrogens is 212 g/mol. The van der Waals surface area contributed by atoms with Crippen LogP contribution in [0, 0.1) is 6.92 Å². The maximum atomic E-state index is 11.4. The van der Waals surface area contributed by atoms with Crippen LogP contribution in [0.2, 0.25) is 0 Å². The average Bonchev–Trinajstić information content (AvgIpc) is 2.59. The third-order valence-corrected chi connectivity index (χ3v) is 3.89. The number of thioether (sulfide) groups is 1. The third kappa shape index (κ3) is 1.70. The SMILES string of the molecule is CSC(=O)c1cc2cc(C)ccc2s1. The van der Waals surface area contributed by atoms with E-state index in [0.717, 1.165) is 4.88 Å². The van der Waals surface area contributed by atoms with Crippen molar-refractivity contribution < 1.29 is 4.79 Å². The fraction of sp³-hybridized carbons (Fsp3) is 0.182. The van der Waals surface area contributed by atoms with Crippen LogP contribution in [0.3, 0.4) is 0 Å². The second kappa shape index (κ2) is 3.75. The smallest absolute Gasteiger partial charge is 0.229 e. The van der Waals surface area contributed by atoms with Crippen molar-refractivity contribution >= 4 is 38.3 Å². The van der Waals surface area contributed by atoms with Gasteiger partial charge in [0, 0.05) is 4.70 Å². The zero-order chi connectivity index (χ0) is 10.1. The summed E-state index contributed by atoms with van der Waals surface area (Å²) in [4.78, 5) is 12.3. The first kappa shape index (κ1) is 9.74. The lowest BCUT2D eigenvalue weighted by atomic mass is 10.2. The molecule has 0 atom stereocenters. The summed E-state index contributed by atoms with van der Waals surface area (Å²) in [6.45, 7) is 2.06. The summed E-state index contributed by atoms with van der Waals surface area (Å²) < 4.78 is 1.19. The molecule has 0 N–H and O–H groups in total. The van der Waals surface area contributed by atoms with Crippen LogP contribution in [0.25, 0.3) is 10.1 Å². The highest BCUT2D eigenvalue weighted by Gasteiger charge is 2.08. The zero-order valence-corrected chi connectivity index (χ0v) is 9.67. The van der Waals surface area contributed by atoms with Crippen molar-refractivity contribution in [3.8, 4) is 0 Å². The van der Waals surface area contributed by atoms with Crippen LogP contribution >= 0.6 is 23.1 Å². The second-order valence-electron chi connectivity index (χ2n) is 3.14. The third-order valence-electron chi connectivity index (χ3n) is 2.06. The van der Waals surface area contributed by atoms with Crippen molar-refractivity contribution in [1.29, 1.82) is 0 Å². The fourth-order valence-electron chi connectivity index (χ4n) is 1.36. The molecule has 72 valence electrons. The Morgan fingerprint density at radius 2 is 2.14 bits per heavy atom. The summed E-state index contributed by atoms with van der Waals surface area (Å²) in [5.41, 5.74) is 1.23. The normalized spacial score (nSPS) is 10.7. The van der Waals surface area contributed by atoms with Gasteiger partial charge in [-0.1, -0.05) is 29.5 Å². The van der Waals surface area contributed by atoms with Gasteiger partial charge in [-0.25, -0.2) is 0 Å². The second-order valence-corrected chi connectivity index (χ2v) is 5.01. The maximum absolute atomic E-state index is 11.4. The van der Waals surface area contributed by atoms with Crippen LogP contribution in [0.4, 0.5) is 0 Å². The van der Waals surface area contributed by atoms with E-state index in [-0.39, 0.29) is 5.12 Å². The van der Waals surface area contributed by atoms with Gasteiger partial charge in [-0.15, -0.1) is 11.3 Å². The molecule has 0 unspecified atom stereocenters. The van der Waals surface area contributed by atoms with Gasteiger partial charge in [0.2, 0.25) is 5.12 Å². The fourth-order valence-corrected chi connectivity index (χ4v) is 2.88. The number of carbonyl (C=O) groups is 1. The first-order chi connectivity index (χ1) is 6.70. The van der Waals surface area contributed by atoms with Gasteiger partial charge >= 0.3 is 0 Å². The molecule has 0 saturated carbocycles.